The molecule has 128 valence electrons. The van der Waals surface area contributed by atoms with E-state index in [4.69, 9.17) is 4.74 Å². The van der Waals surface area contributed by atoms with E-state index in [0.29, 0.717) is 16.7 Å². The van der Waals surface area contributed by atoms with Gasteiger partial charge in [-0.05, 0) is 23.8 Å². The summed E-state index contributed by atoms with van der Waals surface area (Å²) in [6.07, 6.45) is 0. The number of hydrogen-bond donors (Lipinski definition) is 1. The van der Waals surface area contributed by atoms with Crippen LogP contribution in [-0.2, 0) is 11.3 Å². The number of aromatic hydroxyl groups is 1. The van der Waals surface area contributed by atoms with Gasteiger partial charge in [-0.2, -0.15) is 0 Å². The maximum absolute atomic E-state index is 12.8. The third-order valence-corrected chi connectivity index (χ3v) is 4.02. The zero-order valence-corrected chi connectivity index (χ0v) is 13.9. The Labute approximate surface area is 143 Å². The number of aromatic nitrogens is 1. The topological polar surface area (TPSA) is 77.8 Å². The Morgan fingerprint density at radius 2 is 1.84 bits per heavy atom. The third-order valence-electron chi connectivity index (χ3n) is 4.02. The van der Waals surface area contributed by atoms with Crippen LogP contribution in [0.4, 0.5) is 0 Å². The van der Waals surface area contributed by atoms with E-state index in [1.165, 1.54) is 18.8 Å². The van der Waals surface area contributed by atoms with E-state index in [-0.39, 0.29) is 12.1 Å². The average Bonchev–Trinajstić information content (AvgIpc) is 2.65. The van der Waals surface area contributed by atoms with Gasteiger partial charge in [0.15, 0.2) is 5.56 Å². The van der Waals surface area contributed by atoms with Gasteiger partial charge in [0, 0.05) is 5.39 Å². The number of ether oxygens (including phenoxy) is 2. The van der Waals surface area contributed by atoms with Crippen molar-refractivity contribution < 1.29 is 19.4 Å². The summed E-state index contributed by atoms with van der Waals surface area (Å²) in [4.78, 5) is 24.9. The zero-order valence-electron chi connectivity index (χ0n) is 13.9. The first-order chi connectivity index (χ1) is 12.1. The molecule has 6 heteroatoms. The first-order valence-electron chi connectivity index (χ1n) is 7.62. The summed E-state index contributed by atoms with van der Waals surface area (Å²) in [6, 6.07) is 14.3. The van der Waals surface area contributed by atoms with E-state index in [1.54, 1.807) is 18.2 Å². The highest BCUT2D eigenvalue weighted by Crippen LogP contribution is 2.30. The molecule has 2 aromatic carbocycles. The molecule has 0 saturated heterocycles. The molecule has 3 aromatic rings. The monoisotopic (exact) mass is 339 g/mol. The summed E-state index contributed by atoms with van der Waals surface area (Å²) in [5.74, 6) is -0.785. The minimum absolute atomic E-state index is 0.257. The van der Waals surface area contributed by atoms with Gasteiger partial charge >= 0.3 is 5.97 Å². The van der Waals surface area contributed by atoms with Gasteiger partial charge in [0.2, 0.25) is 0 Å². The van der Waals surface area contributed by atoms with Crippen molar-refractivity contribution in [1.29, 1.82) is 0 Å². The smallest absolute Gasteiger partial charge is 0.347 e. The molecule has 1 heterocycles. The maximum Gasteiger partial charge on any atom is 0.347 e. The third kappa shape index (κ3) is 2.94. The fourth-order valence-corrected chi connectivity index (χ4v) is 2.76. The van der Waals surface area contributed by atoms with Gasteiger partial charge in [-0.1, -0.05) is 30.3 Å². The lowest BCUT2D eigenvalue weighted by atomic mass is 10.1. The highest BCUT2D eigenvalue weighted by Gasteiger charge is 2.23. The van der Waals surface area contributed by atoms with Crippen molar-refractivity contribution in [3.05, 3.63) is 70.0 Å². The fourth-order valence-electron chi connectivity index (χ4n) is 2.76. The first kappa shape index (κ1) is 16.6. The van der Waals surface area contributed by atoms with Crippen LogP contribution in [0.5, 0.6) is 11.5 Å². The van der Waals surface area contributed by atoms with Crippen LogP contribution in [0.25, 0.3) is 10.9 Å². The van der Waals surface area contributed by atoms with Crippen LogP contribution in [0, 0.1) is 0 Å². The molecule has 0 fully saturated rings. The molecular weight excluding hydrogens is 322 g/mol. The van der Waals surface area contributed by atoms with Gasteiger partial charge in [-0.15, -0.1) is 0 Å². The molecule has 0 aliphatic rings. The molecule has 0 spiro atoms. The van der Waals surface area contributed by atoms with Crippen LogP contribution in [-0.4, -0.2) is 29.9 Å². The number of methoxy groups -OCH3 is 2. The molecule has 0 saturated carbocycles. The largest absolute Gasteiger partial charge is 0.506 e. The van der Waals surface area contributed by atoms with E-state index >= 15 is 0 Å². The van der Waals surface area contributed by atoms with Crippen LogP contribution in [0.15, 0.2) is 53.3 Å². The summed E-state index contributed by atoms with van der Waals surface area (Å²) in [6.45, 7) is 0.257. The Kier molecular flexibility index (Phi) is 4.43. The second-order valence-electron chi connectivity index (χ2n) is 5.48. The quantitative estimate of drug-likeness (QED) is 0.739. The van der Waals surface area contributed by atoms with Crippen molar-refractivity contribution in [1.82, 2.24) is 4.57 Å². The van der Waals surface area contributed by atoms with Gasteiger partial charge in [0.05, 0.1) is 26.3 Å². The Hall–Kier alpha value is -3.28. The van der Waals surface area contributed by atoms with Crippen molar-refractivity contribution >= 4 is 16.9 Å². The summed E-state index contributed by atoms with van der Waals surface area (Å²) in [7, 11) is 2.66. The van der Waals surface area contributed by atoms with Crippen molar-refractivity contribution in [2.24, 2.45) is 0 Å². The molecule has 1 N–H and O–H groups in total. The molecule has 0 atom stereocenters. The molecule has 0 aliphatic heterocycles. The highest BCUT2D eigenvalue weighted by atomic mass is 16.5. The van der Waals surface area contributed by atoms with Crippen LogP contribution in [0.1, 0.15) is 15.9 Å². The van der Waals surface area contributed by atoms with Gasteiger partial charge in [0.1, 0.15) is 11.5 Å². The second kappa shape index (κ2) is 6.68. The van der Waals surface area contributed by atoms with Crippen molar-refractivity contribution in [3.8, 4) is 11.5 Å². The summed E-state index contributed by atoms with van der Waals surface area (Å²) >= 11 is 0. The maximum atomic E-state index is 12.8. The summed E-state index contributed by atoms with van der Waals surface area (Å²) < 4.78 is 11.3. The molecule has 0 aliphatic carbocycles. The molecular formula is C19H17NO5. The van der Waals surface area contributed by atoms with E-state index in [9.17, 15) is 14.7 Å². The van der Waals surface area contributed by atoms with E-state index in [2.05, 4.69) is 4.74 Å². The second-order valence-corrected chi connectivity index (χ2v) is 5.48. The number of benzene rings is 2. The summed E-state index contributed by atoms with van der Waals surface area (Å²) in [5.41, 5.74) is 0.396. The molecule has 0 amide bonds. The van der Waals surface area contributed by atoms with Gasteiger partial charge in [-0.25, -0.2) is 4.79 Å². The minimum atomic E-state index is -0.881. The highest BCUT2D eigenvalue weighted by molar-refractivity contribution is 5.99. The SMILES string of the molecule is COC(=O)c1c(O)c2cc(OC)ccc2n(Cc2ccccc2)c1=O. The fraction of sp³-hybridized carbons (Fsp3) is 0.158. The van der Waals surface area contributed by atoms with E-state index < -0.39 is 17.3 Å². The first-order valence-corrected chi connectivity index (χ1v) is 7.62. The predicted octanol–water partition coefficient (Wildman–Crippen LogP) is 2.55. The van der Waals surface area contributed by atoms with Crippen LogP contribution in [0.3, 0.4) is 0 Å². The molecule has 1 aromatic heterocycles. The van der Waals surface area contributed by atoms with Gasteiger partial charge in [-0.3, -0.25) is 4.79 Å². The molecule has 0 unspecified atom stereocenters. The van der Waals surface area contributed by atoms with Crippen molar-refractivity contribution in [2.45, 2.75) is 6.54 Å². The Morgan fingerprint density at radius 1 is 1.12 bits per heavy atom. The van der Waals surface area contributed by atoms with E-state index in [1.807, 2.05) is 30.3 Å². The standard InChI is InChI=1S/C19H17NO5/c1-24-13-8-9-15-14(10-13)17(21)16(19(23)25-2)18(22)20(15)11-12-6-4-3-5-7-12/h3-10,21H,11H2,1-2H3. The number of carbonyl (C=O) groups is 1. The van der Waals surface area contributed by atoms with Crippen LogP contribution in [0.2, 0.25) is 0 Å². The van der Waals surface area contributed by atoms with E-state index in [0.717, 1.165) is 5.56 Å². The lowest BCUT2D eigenvalue weighted by Gasteiger charge is -2.15. The Morgan fingerprint density at radius 3 is 2.48 bits per heavy atom. The molecule has 6 nitrogen and oxygen atoms in total. The number of fused-ring (bicyclic) bond motifs is 1. The lowest BCUT2D eigenvalue weighted by molar-refractivity contribution is 0.0595. The molecule has 3 rings (SSSR count). The number of hydrogen-bond acceptors (Lipinski definition) is 5. The number of esters is 1. The number of rotatable bonds is 4. The van der Waals surface area contributed by atoms with Crippen LogP contribution < -0.4 is 10.3 Å². The molecule has 0 bridgehead atoms. The normalized spacial score (nSPS) is 10.6. The molecule has 0 radical (unpaired) electrons. The predicted molar refractivity (Wildman–Crippen MR) is 93.3 cm³/mol. The van der Waals surface area contributed by atoms with Crippen molar-refractivity contribution in [3.63, 3.8) is 0 Å². The zero-order chi connectivity index (χ0) is 18.0. The van der Waals surface area contributed by atoms with Gasteiger partial charge < -0.3 is 19.1 Å². The lowest BCUT2D eigenvalue weighted by Crippen LogP contribution is -2.28. The van der Waals surface area contributed by atoms with Crippen molar-refractivity contribution in [2.75, 3.05) is 14.2 Å². The number of pyridine rings is 1. The van der Waals surface area contributed by atoms with Gasteiger partial charge in [0.25, 0.3) is 5.56 Å². The minimum Gasteiger partial charge on any atom is -0.506 e. The number of carbonyl (C=O) groups excluding carboxylic acids is 1. The van der Waals surface area contributed by atoms with Crippen LogP contribution >= 0.6 is 0 Å². The Balaban J connectivity index is 2.33. The Bertz CT molecular complexity index is 992. The average molecular weight is 339 g/mol. The number of nitrogens with zero attached hydrogens (tertiary/aromatic N) is 1. The summed E-state index contributed by atoms with van der Waals surface area (Å²) in [5, 5.41) is 10.8. The molecule has 25 heavy (non-hydrogen) atoms.